The van der Waals surface area contributed by atoms with Crippen LogP contribution in [0.3, 0.4) is 0 Å². The third kappa shape index (κ3) is 4.74. The SMILES string of the molecule is CC(C(=O)N1CCC(c2ccc(F)cc2)CC1)c1cccc(C(=O)c2ccccc2)c1. The predicted octanol–water partition coefficient (Wildman–Crippen LogP) is 5.57. The van der Waals surface area contributed by atoms with Crippen molar-refractivity contribution in [1.29, 1.82) is 0 Å². The highest BCUT2D eigenvalue weighted by Crippen LogP contribution is 2.30. The summed E-state index contributed by atoms with van der Waals surface area (Å²) >= 11 is 0. The average molecular weight is 416 g/mol. The zero-order chi connectivity index (χ0) is 21.8. The summed E-state index contributed by atoms with van der Waals surface area (Å²) in [5.41, 5.74) is 3.22. The third-order valence-corrected chi connectivity index (χ3v) is 6.20. The van der Waals surface area contributed by atoms with Gasteiger partial charge >= 0.3 is 0 Å². The van der Waals surface area contributed by atoms with Gasteiger partial charge in [0, 0.05) is 24.2 Å². The summed E-state index contributed by atoms with van der Waals surface area (Å²) in [4.78, 5) is 27.8. The van der Waals surface area contributed by atoms with E-state index in [-0.39, 0.29) is 23.4 Å². The van der Waals surface area contributed by atoms with Gasteiger partial charge in [0.2, 0.25) is 5.91 Å². The number of ketones is 1. The molecule has 0 spiro atoms. The first kappa shape index (κ1) is 21.0. The quantitative estimate of drug-likeness (QED) is 0.511. The molecule has 1 saturated heterocycles. The van der Waals surface area contributed by atoms with E-state index in [1.807, 2.05) is 60.4 Å². The van der Waals surface area contributed by atoms with Crippen LogP contribution in [0.5, 0.6) is 0 Å². The minimum absolute atomic E-state index is 0.0396. The molecule has 31 heavy (non-hydrogen) atoms. The molecule has 1 fully saturated rings. The van der Waals surface area contributed by atoms with Gasteiger partial charge in [-0.15, -0.1) is 0 Å². The Morgan fingerprint density at radius 1 is 0.871 bits per heavy atom. The highest BCUT2D eigenvalue weighted by molar-refractivity contribution is 6.09. The molecule has 1 unspecified atom stereocenters. The van der Waals surface area contributed by atoms with Crippen molar-refractivity contribution in [3.8, 4) is 0 Å². The number of amides is 1. The monoisotopic (exact) mass is 415 g/mol. The van der Waals surface area contributed by atoms with Gasteiger partial charge in [-0.25, -0.2) is 4.39 Å². The maximum absolute atomic E-state index is 13.2. The van der Waals surface area contributed by atoms with Gasteiger partial charge in [-0.05, 0) is 55.0 Å². The Hall–Kier alpha value is -3.27. The van der Waals surface area contributed by atoms with Gasteiger partial charge in [0.1, 0.15) is 5.82 Å². The van der Waals surface area contributed by atoms with Gasteiger partial charge in [0.05, 0.1) is 5.92 Å². The van der Waals surface area contributed by atoms with Gasteiger partial charge in [-0.3, -0.25) is 9.59 Å². The van der Waals surface area contributed by atoms with Crippen LogP contribution in [0.2, 0.25) is 0 Å². The molecule has 3 nitrogen and oxygen atoms in total. The van der Waals surface area contributed by atoms with Crippen LogP contribution in [-0.4, -0.2) is 29.7 Å². The second-order valence-electron chi connectivity index (χ2n) is 8.19. The first-order chi connectivity index (χ1) is 15.0. The number of benzene rings is 3. The van der Waals surface area contributed by atoms with Crippen LogP contribution in [0.1, 0.15) is 58.6 Å². The Balaban J connectivity index is 1.42. The number of piperidine rings is 1. The molecular weight excluding hydrogens is 389 g/mol. The second kappa shape index (κ2) is 9.25. The maximum atomic E-state index is 13.2. The first-order valence-corrected chi connectivity index (χ1v) is 10.8. The standard InChI is InChI=1S/C27H26FNO2/c1-19(23-8-5-9-24(18-23)26(30)22-6-3-2-4-7-22)27(31)29-16-14-21(15-17-29)20-10-12-25(28)13-11-20/h2-13,18-19,21H,14-17H2,1H3. The first-order valence-electron chi connectivity index (χ1n) is 10.8. The van der Waals surface area contributed by atoms with Crippen molar-refractivity contribution in [2.45, 2.75) is 31.6 Å². The Bertz CT molecular complexity index is 1050. The molecular formula is C27H26FNO2. The summed E-state index contributed by atoms with van der Waals surface area (Å²) in [5, 5.41) is 0. The van der Waals surface area contributed by atoms with Crippen molar-refractivity contribution in [2.75, 3.05) is 13.1 Å². The molecule has 3 aromatic carbocycles. The van der Waals surface area contributed by atoms with E-state index in [1.165, 1.54) is 12.1 Å². The van der Waals surface area contributed by atoms with Crippen LogP contribution in [0.4, 0.5) is 4.39 Å². The van der Waals surface area contributed by atoms with Crippen molar-refractivity contribution < 1.29 is 14.0 Å². The van der Waals surface area contributed by atoms with Crippen LogP contribution in [-0.2, 0) is 4.79 Å². The largest absolute Gasteiger partial charge is 0.342 e. The number of rotatable bonds is 5. The molecule has 4 rings (SSSR count). The molecule has 1 atom stereocenters. The smallest absolute Gasteiger partial charge is 0.229 e. The van der Waals surface area contributed by atoms with Crippen LogP contribution in [0.15, 0.2) is 78.9 Å². The number of nitrogens with zero attached hydrogens (tertiary/aromatic N) is 1. The predicted molar refractivity (Wildman–Crippen MR) is 120 cm³/mol. The van der Waals surface area contributed by atoms with Gasteiger partial charge in [0.15, 0.2) is 5.78 Å². The lowest BCUT2D eigenvalue weighted by Gasteiger charge is -2.34. The number of carbonyl (C=O) groups is 2. The molecule has 1 aliphatic rings. The molecule has 1 heterocycles. The van der Waals surface area contributed by atoms with E-state index in [4.69, 9.17) is 0 Å². The lowest BCUT2D eigenvalue weighted by Crippen LogP contribution is -2.40. The Morgan fingerprint density at radius 2 is 1.52 bits per heavy atom. The molecule has 0 radical (unpaired) electrons. The van der Waals surface area contributed by atoms with E-state index in [9.17, 15) is 14.0 Å². The third-order valence-electron chi connectivity index (χ3n) is 6.20. The summed E-state index contributed by atoms with van der Waals surface area (Å²) in [7, 11) is 0. The van der Waals surface area contributed by atoms with Gasteiger partial charge < -0.3 is 4.90 Å². The number of hydrogen-bond donors (Lipinski definition) is 0. The van der Waals surface area contributed by atoms with Crippen LogP contribution < -0.4 is 0 Å². The lowest BCUT2D eigenvalue weighted by atomic mass is 9.88. The summed E-state index contributed by atoms with van der Waals surface area (Å²) in [6.45, 7) is 3.28. The molecule has 0 N–H and O–H groups in total. The van der Waals surface area contributed by atoms with E-state index < -0.39 is 0 Å². The molecule has 0 saturated carbocycles. The molecule has 0 aliphatic carbocycles. The van der Waals surface area contributed by atoms with E-state index in [2.05, 4.69) is 0 Å². The Labute approximate surface area is 182 Å². The van der Waals surface area contributed by atoms with Gasteiger partial charge in [-0.2, -0.15) is 0 Å². The number of likely N-dealkylation sites (tertiary alicyclic amines) is 1. The number of hydrogen-bond acceptors (Lipinski definition) is 2. The zero-order valence-electron chi connectivity index (χ0n) is 17.6. The molecule has 1 amide bonds. The fourth-order valence-corrected chi connectivity index (χ4v) is 4.29. The molecule has 3 aromatic rings. The van der Waals surface area contributed by atoms with Crippen molar-refractivity contribution >= 4 is 11.7 Å². The Morgan fingerprint density at radius 3 is 2.19 bits per heavy atom. The molecule has 1 aliphatic heterocycles. The second-order valence-corrected chi connectivity index (χ2v) is 8.19. The van der Waals surface area contributed by atoms with Gasteiger partial charge in [0.25, 0.3) is 0 Å². The normalized spacial score (nSPS) is 15.5. The van der Waals surface area contributed by atoms with Crippen molar-refractivity contribution in [2.24, 2.45) is 0 Å². The summed E-state index contributed by atoms with van der Waals surface area (Å²) < 4.78 is 13.2. The van der Waals surface area contributed by atoms with Crippen molar-refractivity contribution in [3.05, 3.63) is 107 Å². The van der Waals surface area contributed by atoms with Crippen LogP contribution in [0, 0.1) is 5.82 Å². The maximum Gasteiger partial charge on any atom is 0.229 e. The van der Waals surface area contributed by atoms with E-state index in [0.29, 0.717) is 30.1 Å². The molecule has 0 bridgehead atoms. The highest BCUT2D eigenvalue weighted by atomic mass is 19.1. The average Bonchev–Trinajstić information content (AvgIpc) is 2.84. The topological polar surface area (TPSA) is 37.4 Å². The fraction of sp³-hybridized carbons (Fsp3) is 0.259. The molecule has 158 valence electrons. The number of halogens is 1. The lowest BCUT2D eigenvalue weighted by molar-refractivity contribution is -0.133. The molecule has 0 aromatic heterocycles. The van der Waals surface area contributed by atoms with Gasteiger partial charge in [-0.1, -0.05) is 60.7 Å². The molecule has 4 heteroatoms. The fourth-order valence-electron chi connectivity index (χ4n) is 4.29. The minimum Gasteiger partial charge on any atom is -0.342 e. The minimum atomic E-state index is -0.314. The summed E-state index contributed by atoms with van der Waals surface area (Å²) in [6.07, 6.45) is 1.74. The highest BCUT2D eigenvalue weighted by Gasteiger charge is 2.27. The van der Waals surface area contributed by atoms with Crippen LogP contribution >= 0.6 is 0 Å². The summed E-state index contributed by atoms with van der Waals surface area (Å²) in [5.74, 6) is -0.139. The Kier molecular flexibility index (Phi) is 6.26. The van der Waals surface area contributed by atoms with E-state index >= 15 is 0 Å². The zero-order valence-corrected chi connectivity index (χ0v) is 17.6. The van der Waals surface area contributed by atoms with E-state index in [1.54, 1.807) is 18.2 Å². The van der Waals surface area contributed by atoms with Crippen LogP contribution in [0.25, 0.3) is 0 Å². The number of carbonyl (C=O) groups excluding carboxylic acids is 2. The van der Waals surface area contributed by atoms with Crippen molar-refractivity contribution in [1.82, 2.24) is 4.90 Å². The van der Waals surface area contributed by atoms with Crippen molar-refractivity contribution in [3.63, 3.8) is 0 Å². The summed E-state index contributed by atoms with van der Waals surface area (Å²) in [6, 6.07) is 23.2. The van der Waals surface area contributed by atoms with E-state index in [0.717, 1.165) is 24.0 Å².